The molecule has 2 nitrogen and oxygen atoms in total. The maximum absolute atomic E-state index is 5.58. The Balaban J connectivity index is 3.18. The smallest absolute Gasteiger partial charge is 0.0700 e. The van der Waals surface area contributed by atoms with E-state index >= 15 is 0 Å². The van der Waals surface area contributed by atoms with Crippen molar-refractivity contribution in [2.45, 2.75) is 47.5 Å². The van der Waals surface area contributed by atoms with Crippen LogP contribution in [0.5, 0.6) is 0 Å². The fourth-order valence-corrected chi connectivity index (χ4v) is 1.42. The zero-order valence-corrected chi connectivity index (χ0v) is 11.8. The van der Waals surface area contributed by atoms with E-state index in [0.29, 0.717) is 11.8 Å². The van der Waals surface area contributed by atoms with Gasteiger partial charge < -0.3 is 9.47 Å². The molecule has 0 heterocycles. The van der Waals surface area contributed by atoms with Crippen molar-refractivity contribution in [3.05, 3.63) is 0 Å². The van der Waals surface area contributed by atoms with Gasteiger partial charge in [-0.2, -0.15) is 0 Å². The van der Waals surface area contributed by atoms with Crippen LogP contribution in [0.1, 0.15) is 47.5 Å². The summed E-state index contributed by atoms with van der Waals surface area (Å²) in [5.41, 5.74) is 0. The topological polar surface area (TPSA) is 18.5 Å². The van der Waals surface area contributed by atoms with Gasteiger partial charge in [-0.05, 0) is 24.2 Å². The van der Waals surface area contributed by atoms with Gasteiger partial charge in [0.15, 0.2) is 0 Å². The van der Waals surface area contributed by atoms with E-state index in [1.54, 1.807) is 0 Å². The predicted octanol–water partition coefficient (Wildman–Crippen LogP) is 3.75. The minimum Gasteiger partial charge on any atom is -0.379 e. The van der Waals surface area contributed by atoms with Crippen LogP contribution in [0.2, 0.25) is 0 Å². The van der Waals surface area contributed by atoms with Crippen molar-refractivity contribution in [1.29, 1.82) is 0 Å². The molecule has 0 radical (unpaired) electrons. The van der Waals surface area contributed by atoms with Crippen LogP contribution in [-0.2, 0) is 9.47 Å². The second kappa shape index (κ2) is 10.1. The van der Waals surface area contributed by atoms with Crippen molar-refractivity contribution in [2.75, 3.05) is 26.4 Å². The molecule has 98 valence electrons. The molecule has 0 saturated carbocycles. The van der Waals surface area contributed by atoms with Gasteiger partial charge >= 0.3 is 0 Å². The highest BCUT2D eigenvalue weighted by molar-refractivity contribution is 4.54. The van der Waals surface area contributed by atoms with Crippen LogP contribution >= 0.6 is 0 Å². The van der Waals surface area contributed by atoms with Crippen LogP contribution in [0, 0.1) is 17.8 Å². The average molecular weight is 230 g/mol. The quantitative estimate of drug-likeness (QED) is 0.532. The molecule has 0 saturated heterocycles. The Morgan fingerprint density at radius 1 is 0.688 bits per heavy atom. The van der Waals surface area contributed by atoms with Gasteiger partial charge in [-0.1, -0.05) is 41.0 Å². The highest BCUT2D eigenvalue weighted by atomic mass is 16.5. The predicted molar refractivity (Wildman–Crippen MR) is 69.7 cm³/mol. The highest BCUT2D eigenvalue weighted by Crippen LogP contribution is 2.11. The summed E-state index contributed by atoms with van der Waals surface area (Å²) < 4.78 is 11.0. The SMILES string of the molecule is CC(C)CCC(C)COCCOCC(C)C. The molecule has 0 aromatic heterocycles. The third kappa shape index (κ3) is 12.0. The molecule has 0 aliphatic heterocycles. The van der Waals surface area contributed by atoms with Crippen molar-refractivity contribution in [2.24, 2.45) is 17.8 Å². The lowest BCUT2D eigenvalue weighted by molar-refractivity contribution is 0.0259. The van der Waals surface area contributed by atoms with Crippen LogP contribution in [-0.4, -0.2) is 26.4 Å². The Labute approximate surface area is 102 Å². The lowest BCUT2D eigenvalue weighted by Crippen LogP contribution is -2.12. The van der Waals surface area contributed by atoms with Gasteiger partial charge in [0.05, 0.1) is 13.2 Å². The Bertz CT molecular complexity index is 144. The van der Waals surface area contributed by atoms with Crippen molar-refractivity contribution in [1.82, 2.24) is 0 Å². The molecule has 0 aromatic rings. The van der Waals surface area contributed by atoms with Gasteiger partial charge in [-0.3, -0.25) is 0 Å². The fraction of sp³-hybridized carbons (Fsp3) is 1.00. The van der Waals surface area contributed by atoms with Crippen LogP contribution in [0.25, 0.3) is 0 Å². The second-order valence-electron chi connectivity index (χ2n) is 5.62. The normalized spacial score (nSPS) is 13.7. The zero-order valence-electron chi connectivity index (χ0n) is 11.8. The van der Waals surface area contributed by atoms with Crippen molar-refractivity contribution in [3.63, 3.8) is 0 Å². The maximum atomic E-state index is 5.58. The molecular formula is C14H30O2. The van der Waals surface area contributed by atoms with Gasteiger partial charge in [0, 0.05) is 13.2 Å². The lowest BCUT2D eigenvalue weighted by atomic mass is 10.0. The largest absolute Gasteiger partial charge is 0.379 e. The number of hydrogen-bond donors (Lipinski definition) is 0. The van der Waals surface area contributed by atoms with E-state index < -0.39 is 0 Å². The van der Waals surface area contributed by atoms with Gasteiger partial charge in [-0.25, -0.2) is 0 Å². The first-order chi connectivity index (χ1) is 7.52. The monoisotopic (exact) mass is 230 g/mol. The molecule has 0 bridgehead atoms. The third-order valence-electron chi connectivity index (χ3n) is 2.46. The summed E-state index contributed by atoms with van der Waals surface area (Å²) >= 11 is 0. The van der Waals surface area contributed by atoms with Gasteiger partial charge in [0.25, 0.3) is 0 Å². The molecule has 0 aromatic carbocycles. The fourth-order valence-electron chi connectivity index (χ4n) is 1.42. The van der Waals surface area contributed by atoms with Crippen molar-refractivity contribution >= 4 is 0 Å². The van der Waals surface area contributed by atoms with Gasteiger partial charge in [0.2, 0.25) is 0 Å². The van der Waals surface area contributed by atoms with Gasteiger partial charge in [0.1, 0.15) is 0 Å². The molecule has 0 spiro atoms. The minimum atomic E-state index is 0.616. The van der Waals surface area contributed by atoms with Crippen LogP contribution in [0.3, 0.4) is 0 Å². The maximum Gasteiger partial charge on any atom is 0.0700 e. The van der Waals surface area contributed by atoms with Crippen LogP contribution in [0.4, 0.5) is 0 Å². The Morgan fingerprint density at radius 3 is 1.75 bits per heavy atom. The first kappa shape index (κ1) is 15.9. The highest BCUT2D eigenvalue weighted by Gasteiger charge is 2.03. The Morgan fingerprint density at radius 2 is 1.25 bits per heavy atom. The first-order valence-corrected chi connectivity index (χ1v) is 6.67. The van der Waals surface area contributed by atoms with Gasteiger partial charge in [-0.15, -0.1) is 0 Å². The van der Waals surface area contributed by atoms with Crippen LogP contribution in [0.15, 0.2) is 0 Å². The molecule has 1 atom stereocenters. The summed E-state index contributed by atoms with van der Waals surface area (Å²) in [5, 5.41) is 0. The number of hydrogen-bond acceptors (Lipinski definition) is 2. The molecule has 16 heavy (non-hydrogen) atoms. The summed E-state index contributed by atoms with van der Waals surface area (Å²) in [6.45, 7) is 14.3. The summed E-state index contributed by atoms with van der Waals surface area (Å²) in [7, 11) is 0. The average Bonchev–Trinajstić information content (AvgIpc) is 2.19. The summed E-state index contributed by atoms with van der Waals surface area (Å²) in [6.07, 6.45) is 2.57. The number of rotatable bonds is 10. The second-order valence-corrected chi connectivity index (χ2v) is 5.62. The van der Waals surface area contributed by atoms with E-state index in [9.17, 15) is 0 Å². The lowest BCUT2D eigenvalue weighted by Gasteiger charge is -2.13. The van der Waals surface area contributed by atoms with Crippen molar-refractivity contribution < 1.29 is 9.47 Å². The summed E-state index contributed by atoms with van der Waals surface area (Å²) in [5.74, 6) is 2.09. The molecular weight excluding hydrogens is 200 g/mol. The number of ether oxygens (including phenoxy) is 2. The van der Waals surface area contributed by atoms with Crippen molar-refractivity contribution in [3.8, 4) is 0 Å². The zero-order chi connectivity index (χ0) is 12.4. The summed E-state index contributed by atoms with van der Waals surface area (Å²) in [6, 6.07) is 0. The summed E-state index contributed by atoms with van der Waals surface area (Å²) in [4.78, 5) is 0. The Hall–Kier alpha value is -0.0800. The molecule has 0 N–H and O–H groups in total. The van der Waals surface area contributed by atoms with E-state index in [2.05, 4.69) is 34.6 Å². The van der Waals surface area contributed by atoms with E-state index in [1.165, 1.54) is 12.8 Å². The Kier molecular flexibility index (Phi) is 10.0. The van der Waals surface area contributed by atoms with E-state index in [-0.39, 0.29) is 0 Å². The molecule has 0 amide bonds. The first-order valence-electron chi connectivity index (χ1n) is 6.67. The van der Waals surface area contributed by atoms with Crippen LogP contribution < -0.4 is 0 Å². The molecule has 0 rings (SSSR count). The third-order valence-corrected chi connectivity index (χ3v) is 2.46. The molecule has 2 heteroatoms. The van der Waals surface area contributed by atoms with E-state index in [1.807, 2.05) is 0 Å². The molecule has 1 unspecified atom stereocenters. The van der Waals surface area contributed by atoms with E-state index in [0.717, 1.165) is 32.3 Å². The molecule has 0 aliphatic rings. The molecule has 0 aliphatic carbocycles. The molecule has 0 fully saturated rings. The minimum absolute atomic E-state index is 0.616. The van der Waals surface area contributed by atoms with E-state index in [4.69, 9.17) is 9.47 Å². The standard InChI is InChI=1S/C14H30O2/c1-12(2)6-7-14(5)11-16-9-8-15-10-13(3)4/h12-14H,6-11H2,1-5H3.